The minimum atomic E-state index is 0.588. The monoisotopic (exact) mass is 1210 g/mol. The number of rotatable bonds is 26. The fourth-order valence-corrected chi connectivity index (χ4v) is 12.7. The average Bonchev–Trinajstić information content (AvgIpc) is 1.10. The SMILES string of the molecule is CCCOc1c2cccc1Cc1cccc(c1OCCC)Cc1cc(/C=C/c3cc4c(OCCC)c(c3)Cc3cccc(c3OCCC)Cc3cccc(c3OCCC)Cc3cccc(c3OCCC)C4)cc(c1OCCC)Cc1cccc(c1OCCC)C2. The topological polar surface area (TPSA) is 73.8 Å². The Morgan fingerprint density at radius 3 is 0.489 bits per heavy atom. The van der Waals surface area contributed by atoms with Crippen LogP contribution in [0.4, 0.5) is 0 Å². The summed E-state index contributed by atoms with van der Waals surface area (Å²) in [5, 5.41) is 0. The van der Waals surface area contributed by atoms with E-state index >= 15 is 0 Å². The normalized spacial score (nSPS) is 12.8. The summed E-state index contributed by atoms with van der Waals surface area (Å²) in [5.74, 6) is 7.51. The molecule has 90 heavy (non-hydrogen) atoms. The standard InChI is InChI=1S/C82H96O8/c1-9-37-83-75-59-23-17-24-60(75)50-64-28-20-32-68(78(64)86-40-12-4)54-72-46-57(45-71(81(72)89-43-15-7)53-67-31-19-27-63(49-59)77(67)85-39-11-3)35-36-58-47-73-55-69-33-21-29-65(79(69)87-41-13-5)51-61-25-18-26-62(76(61)84-38-10-2)52-66-30-22-34-70(80(66)88-42-14-6)56-74(48-58)82(73)90-44-16-8/h17-36,45-48H,9-16,37-44,49-56H2,1-8H3/b36-35+. The van der Waals surface area contributed by atoms with E-state index in [0.717, 1.165) is 198 Å². The summed E-state index contributed by atoms with van der Waals surface area (Å²) in [7, 11) is 0. The van der Waals surface area contributed by atoms with Crippen LogP contribution in [0.3, 0.4) is 0 Å². The molecule has 8 aromatic rings. The van der Waals surface area contributed by atoms with E-state index in [-0.39, 0.29) is 0 Å². The molecule has 0 atom stereocenters. The van der Waals surface area contributed by atoms with E-state index in [4.69, 9.17) is 37.9 Å². The van der Waals surface area contributed by atoms with Gasteiger partial charge in [-0.15, -0.1) is 0 Å². The molecule has 0 fully saturated rings. The number of ether oxygens (including phenoxy) is 8. The largest absolute Gasteiger partial charge is 0.493 e. The van der Waals surface area contributed by atoms with Gasteiger partial charge in [-0.05, 0) is 176 Å². The predicted molar refractivity (Wildman–Crippen MR) is 369 cm³/mol. The van der Waals surface area contributed by atoms with Gasteiger partial charge in [0, 0.05) is 51.4 Å². The third-order valence-corrected chi connectivity index (χ3v) is 16.7. The van der Waals surface area contributed by atoms with Gasteiger partial charge < -0.3 is 37.9 Å². The molecule has 0 heterocycles. The van der Waals surface area contributed by atoms with Crippen LogP contribution in [0.15, 0.2) is 133 Å². The maximum Gasteiger partial charge on any atom is 0.126 e. The second-order valence-corrected chi connectivity index (χ2v) is 24.3. The van der Waals surface area contributed by atoms with E-state index in [0.29, 0.717) is 104 Å². The molecule has 8 nitrogen and oxygen atoms in total. The number of fused-ring (bicyclic) bond motifs is 16. The zero-order valence-electron chi connectivity index (χ0n) is 55.1. The third kappa shape index (κ3) is 15.9. The summed E-state index contributed by atoms with van der Waals surface area (Å²) in [5.41, 5.74) is 20.3. The van der Waals surface area contributed by atoms with Crippen molar-refractivity contribution in [2.24, 2.45) is 0 Å². The van der Waals surface area contributed by atoms with Crippen LogP contribution in [-0.4, -0.2) is 52.9 Å². The van der Waals surface area contributed by atoms with E-state index in [1.54, 1.807) is 0 Å². The fourth-order valence-electron chi connectivity index (χ4n) is 12.7. The van der Waals surface area contributed by atoms with Crippen LogP contribution in [-0.2, 0) is 51.4 Å². The minimum absolute atomic E-state index is 0.588. The molecule has 0 aliphatic heterocycles. The smallest absolute Gasteiger partial charge is 0.126 e. The average molecular weight is 1210 g/mol. The highest BCUT2D eigenvalue weighted by atomic mass is 16.5. The highest BCUT2D eigenvalue weighted by Gasteiger charge is 2.26. The highest BCUT2D eigenvalue weighted by molar-refractivity contribution is 5.74. The van der Waals surface area contributed by atoms with Crippen LogP contribution in [0.2, 0.25) is 0 Å². The van der Waals surface area contributed by atoms with Gasteiger partial charge in [-0.3, -0.25) is 0 Å². The summed E-state index contributed by atoms with van der Waals surface area (Å²) in [6, 6.07) is 49.3. The minimum Gasteiger partial charge on any atom is -0.493 e. The van der Waals surface area contributed by atoms with E-state index < -0.39 is 0 Å². The van der Waals surface area contributed by atoms with Crippen molar-refractivity contribution in [3.05, 3.63) is 234 Å². The first-order chi connectivity index (χ1) is 44.3. The van der Waals surface area contributed by atoms with Gasteiger partial charge in [0.05, 0.1) is 52.9 Å². The summed E-state index contributed by atoms with van der Waals surface area (Å²) < 4.78 is 55.1. The van der Waals surface area contributed by atoms with Crippen LogP contribution in [0, 0.1) is 0 Å². The van der Waals surface area contributed by atoms with Crippen molar-refractivity contribution in [3.8, 4) is 46.0 Å². The zero-order valence-corrected chi connectivity index (χ0v) is 55.1. The molecular weight excluding hydrogens is 1110 g/mol. The molecule has 0 radical (unpaired) electrons. The van der Waals surface area contributed by atoms with E-state index in [2.05, 4.69) is 201 Å². The molecule has 0 N–H and O–H groups in total. The quantitative estimate of drug-likeness (QED) is 0.0497. The van der Waals surface area contributed by atoms with Crippen molar-refractivity contribution in [1.29, 1.82) is 0 Å². The Morgan fingerprint density at radius 1 is 0.211 bits per heavy atom. The predicted octanol–water partition coefficient (Wildman–Crippen LogP) is 19.5. The van der Waals surface area contributed by atoms with Gasteiger partial charge in [-0.1, -0.05) is 177 Å². The second-order valence-electron chi connectivity index (χ2n) is 24.3. The molecule has 0 spiro atoms. The Labute approximate surface area is 537 Å². The molecule has 8 aromatic carbocycles. The molecule has 0 saturated carbocycles. The van der Waals surface area contributed by atoms with Crippen molar-refractivity contribution in [2.75, 3.05) is 52.9 Å². The van der Waals surface area contributed by atoms with Gasteiger partial charge in [0.1, 0.15) is 46.0 Å². The Balaban J connectivity index is 1.17. The van der Waals surface area contributed by atoms with Crippen LogP contribution in [0.1, 0.15) is 207 Å². The number of hydrogen-bond acceptors (Lipinski definition) is 8. The lowest BCUT2D eigenvalue weighted by Crippen LogP contribution is -2.10. The van der Waals surface area contributed by atoms with Gasteiger partial charge in [0.25, 0.3) is 0 Å². The Hall–Kier alpha value is -8.10. The van der Waals surface area contributed by atoms with E-state index in [1.807, 2.05) is 0 Å². The number of hydrogen-bond donors (Lipinski definition) is 0. The molecular formula is C82H96O8. The van der Waals surface area contributed by atoms with Gasteiger partial charge in [0.15, 0.2) is 0 Å². The van der Waals surface area contributed by atoms with Crippen LogP contribution < -0.4 is 37.9 Å². The number of para-hydroxylation sites is 6. The first-order valence-corrected chi connectivity index (χ1v) is 33.9. The van der Waals surface area contributed by atoms with Crippen molar-refractivity contribution in [3.63, 3.8) is 0 Å². The van der Waals surface area contributed by atoms with E-state index in [1.165, 1.54) is 0 Å². The fraction of sp³-hybridized carbons (Fsp3) is 0.390. The molecule has 16 bridgehead atoms. The molecule has 0 aromatic heterocycles. The third-order valence-electron chi connectivity index (χ3n) is 16.7. The van der Waals surface area contributed by atoms with Crippen molar-refractivity contribution >= 4 is 12.2 Å². The molecule has 2 aliphatic rings. The highest BCUT2D eigenvalue weighted by Crippen LogP contribution is 2.43. The lowest BCUT2D eigenvalue weighted by Gasteiger charge is -2.23. The Bertz CT molecular complexity index is 3260. The zero-order chi connectivity index (χ0) is 62.6. The van der Waals surface area contributed by atoms with Crippen LogP contribution in [0.5, 0.6) is 46.0 Å². The first-order valence-electron chi connectivity index (χ1n) is 33.9. The molecule has 0 amide bonds. The van der Waals surface area contributed by atoms with Gasteiger partial charge in [0.2, 0.25) is 0 Å². The van der Waals surface area contributed by atoms with Crippen molar-refractivity contribution in [2.45, 2.75) is 158 Å². The van der Waals surface area contributed by atoms with Gasteiger partial charge >= 0.3 is 0 Å². The van der Waals surface area contributed by atoms with Crippen LogP contribution in [0.25, 0.3) is 12.2 Å². The van der Waals surface area contributed by atoms with Crippen molar-refractivity contribution in [1.82, 2.24) is 0 Å². The Morgan fingerprint density at radius 2 is 0.344 bits per heavy atom. The lowest BCUT2D eigenvalue weighted by atomic mass is 9.89. The molecule has 8 heteroatoms. The maximum absolute atomic E-state index is 7.03. The van der Waals surface area contributed by atoms with Gasteiger partial charge in [-0.25, -0.2) is 0 Å². The van der Waals surface area contributed by atoms with Gasteiger partial charge in [-0.2, -0.15) is 0 Å². The van der Waals surface area contributed by atoms with Crippen LogP contribution >= 0.6 is 0 Å². The summed E-state index contributed by atoms with van der Waals surface area (Å²) in [6.45, 7) is 22.3. The van der Waals surface area contributed by atoms with Crippen molar-refractivity contribution < 1.29 is 37.9 Å². The number of benzene rings is 8. The summed E-state index contributed by atoms with van der Waals surface area (Å²) >= 11 is 0. The lowest BCUT2D eigenvalue weighted by molar-refractivity contribution is 0.304. The molecule has 10 rings (SSSR count). The molecule has 472 valence electrons. The maximum atomic E-state index is 7.03. The Kier molecular flexibility index (Phi) is 23.5. The molecule has 2 aliphatic carbocycles. The van der Waals surface area contributed by atoms with E-state index in [9.17, 15) is 0 Å². The second kappa shape index (κ2) is 32.6. The first kappa shape index (κ1) is 64.9. The summed E-state index contributed by atoms with van der Waals surface area (Å²) in [6.07, 6.45) is 16.8. The molecule has 0 saturated heterocycles. The molecule has 0 unspecified atom stereocenters. The summed E-state index contributed by atoms with van der Waals surface area (Å²) in [4.78, 5) is 0.